The highest BCUT2D eigenvalue weighted by atomic mass is 32.2. The van der Waals surface area contributed by atoms with Crippen molar-refractivity contribution >= 4 is 21.5 Å². The van der Waals surface area contributed by atoms with Crippen LogP contribution in [0.5, 0.6) is 5.75 Å². The molecule has 1 aromatic carbocycles. The van der Waals surface area contributed by atoms with Crippen LogP contribution >= 0.6 is 0 Å². The number of carbonyl (C=O) groups excluding carboxylic acids is 1. The van der Waals surface area contributed by atoms with E-state index in [0.717, 1.165) is 25.0 Å². The molecule has 7 nitrogen and oxygen atoms in total. The largest absolute Gasteiger partial charge is 0.493 e. The van der Waals surface area contributed by atoms with Crippen molar-refractivity contribution in [2.24, 2.45) is 0 Å². The molecule has 0 radical (unpaired) electrons. The monoisotopic (exact) mass is 597 g/mol. The molecule has 1 aliphatic carbocycles. The number of nitrogens with zero attached hydrogens (tertiary/aromatic N) is 3. The maximum Gasteiger partial charge on any atom is 0.417 e. The molecule has 1 atom stereocenters. The molecule has 0 bridgehead atoms. The smallest absolute Gasteiger partial charge is 0.417 e. The maximum absolute atomic E-state index is 15.4. The highest BCUT2D eigenvalue weighted by molar-refractivity contribution is 7.89. The van der Waals surface area contributed by atoms with Crippen LogP contribution in [0.3, 0.4) is 0 Å². The Morgan fingerprint density at radius 1 is 1.10 bits per heavy atom. The van der Waals surface area contributed by atoms with Gasteiger partial charge in [0.15, 0.2) is 5.54 Å². The van der Waals surface area contributed by atoms with E-state index in [1.807, 2.05) is 0 Å². The van der Waals surface area contributed by atoms with Gasteiger partial charge in [-0.1, -0.05) is 0 Å². The second-order valence-corrected chi connectivity index (χ2v) is 11.8. The van der Waals surface area contributed by atoms with Gasteiger partial charge >= 0.3 is 12.4 Å². The van der Waals surface area contributed by atoms with Crippen molar-refractivity contribution in [3.8, 4) is 5.75 Å². The molecule has 1 aromatic heterocycles. The number of hydrogen-bond acceptors (Lipinski definition) is 5. The number of benzene rings is 1. The van der Waals surface area contributed by atoms with Crippen LogP contribution < -0.4 is 4.74 Å². The van der Waals surface area contributed by atoms with E-state index in [4.69, 9.17) is 4.74 Å². The van der Waals surface area contributed by atoms with E-state index < -0.39 is 58.0 Å². The summed E-state index contributed by atoms with van der Waals surface area (Å²) in [7, 11) is -4.86. The molecule has 220 valence electrons. The first-order valence-corrected chi connectivity index (χ1v) is 14.2. The van der Waals surface area contributed by atoms with E-state index in [1.54, 1.807) is 4.68 Å². The zero-order valence-electron chi connectivity index (χ0n) is 21.2. The van der Waals surface area contributed by atoms with Crippen molar-refractivity contribution in [1.82, 2.24) is 14.1 Å². The van der Waals surface area contributed by atoms with Crippen molar-refractivity contribution < 1.29 is 48.7 Å². The predicted octanol–water partition coefficient (Wildman–Crippen LogP) is 5.89. The molecular weight excluding hydrogens is 571 g/mol. The van der Waals surface area contributed by atoms with Crippen LogP contribution in [0.15, 0.2) is 36.7 Å². The van der Waals surface area contributed by atoms with Gasteiger partial charge in [-0.15, -0.1) is 0 Å². The van der Waals surface area contributed by atoms with Gasteiger partial charge in [0.05, 0.1) is 25.1 Å². The van der Waals surface area contributed by atoms with E-state index in [-0.39, 0.29) is 53.1 Å². The third-order valence-corrected chi connectivity index (χ3v) is 7.90. The Morgan fingerprint density at radius 3 is 2.38 bits per heavy atom. The maximum atomic E-state index is 15.4. The van der Waals surface area contributed by atoms with Crippen LogP contribution in [0, 0.1) is 5.82 Å². The fourth-order valence-electron chi connectivity index (χ4n) is 4.76. The van der Waals surface area contributed by atoms with E-state index in [2.05, 4.69) is 5.10 Å². The van der Waals surface area contributed by atoms with Gasteiger partial charge in [0, 0.05) is 42.3 Å². The molecule has 2 aliphatic rings. The lowest BCUT2D eigenvalue weighted by molar-refractivity contribution is -0.222. The second-order valence-electron chi connectivity index (χ2n) is 9.93. The Morgan fingerprint density at radius 2 is 1.80 bits per heavy atom. The summed E-state index contributed by atoms with van der Waals surface area (Å²) in [5, 5.41) is 4.12. The molecule has 0 spiro atoms. The summed E-state index contributed by atoms with van der Waals surface area (Å²) >= 11 is 0. The molecule has 40 heavy (non-hydrogen) atoms. The van der Waals surface area contributed by atoms with Gasteiger partial charge in [0.2, 0.25) is 10.0 Å². The van der Waals surface area contributed by atoms with E-state index in [9.17, 15) is 39.6 Å². The summed E-state index contributed by atoms with van der Waals surface area (Å²) < 4.78 is 129. The topological polar surface area (TPSA) is 81.5 Å². The van der Waals surface area contributed by atoms with Gasteiger partial charge < -0.3 is 4.74 Å². The molecule has 1 fully saturated rings. The standard InChI is InChI=1S/C25H26F7N3O4S/c1-40(37,38)35-22(36)11-16(17-14-33-34(15-17)18-5-6-18)13-23(35,25(30,31)32)20-8-7-19(12-21(20)26)39-10-4-2-3-9-24(27,28)29/h7-8,11-12,14-15,18H,2-6,9-10,13H2,1H3. The fourth-order valence-corrected chi connectivity index (χ4v) is 5.97. The summed E-state index contributed by atoms with van der Waals surface area (Å²) in [6.45, 7) is -0.118. The summed E-state index contributed by atoms with van der Waals surface area (Å²) in [6.07, 6.45) is -5.96. The number of amides is 1. The molecule has 1 unspecified atom stereocenters. The number of ether oxygens (including phenoxy) is 1. The average molecular weight is 598 g/mol. The highest BCUT2D eigenvalue weighted by Gasteiger charge is 2.66. The van der Waals surface area contributed by atoms with Crippen LogP contribution in [-0.4, -0.2) is 53.6 Å². The number of hydrogen-bond donors (Lipinski definition) is 0. The number of carbonyl (C=O) groups is 1. The Kier molecular flexibility index (Phi) is 8.00. The third kappa shape index (κ3) is 6.28. The minimum absolute atomic E-state index is 0.0863. The predicted molar refractivity (Wildman–Crippen MR) is 129 cm³/mol. The molecular formula is C25H26F7N3O4S. The number of aromatic nitrogens is 2. The molecule has 15 heteroatoms. The normalized spacial score (nSPS) is 20.6. The van der Waals surface area contributed by atoms with Gasteiger partial charge in [-0.05, 0) is 49.8 Å². The van der Waals surface area contributed by atoms with Gasteiger partial charge in [0.1, 0.15) is 11.6 Å². The van der Waals surface area contributed by atoms with Crippen LogP contribution in [-0.2, 0) is 20.4 Å². The SMILES string of the molecule is CS(=O)(=O)N1C(=O)C=C(c2cnn(C3CC3)c2)CC1(c1ccc(OCCCCCC(F)(F)F)cc1F)C(F)(F)F. The average Bonchev–Trinajstić information content (AvgIpc) is 3.54. The Balaban J connectivity index is 1.66. The van der Waals surface area contributed by atoms with Crippen LogP contribution in [0.25, 0.3) is 5.57 Å². The first kappa shape index (κ1) is 29.9. The first-order chi connectivity index (χ1) is 18.5. The minimum Gasteiger partial charge on any atom is -0.493 e. The Bertz CT molecular complexity index is 1400. The summed E-state index contributed by atoms with van der Waals surface area (Å²) in [5.74, 6) is -3.16. The van der Waals surface area contributed by atoms with Crippen molar-refractivity contribution in [2.45, 2.75) is 68.9 Å². The molecule has 4 rings (SSSR count). The molecule has 2 heterocycles. The second kappa shape index (κ2) is 10.7. The van der Waals surface area contributed by atoms with Gasteiger partial charge in [0.25, 0.3) is 5.91 Å². The van der Waals surface area contributed by atoms with Crippen LogP contribution in [0.4, 0.5) is 30.7 Å². The van der Waals surface area contributed by atoms with Crippen molar-refractivity contribution in [1.29, 1.82) is 0 Å². The zero-order chi connectivity index (χ0) is 29.5. The summed E-state index contributed by atoms with van der Waals surface area (Å²) in [4.78, 5) is 13.0. The van der Waals surface area contributed by atoms with Gasteiger partial charge in [-0.2, -0.15) is 31.4 Å². The number of sulfonamides is 1. The lowest BCUT2D eigenvalue weighted by Crippen LogP contribution is -2.61. The van der Waals surface area contributed by atoms with Crippen LogP contribution in [0.1, 0.15) is 62.1 Å². The number of halogens is 7. The zero-order valence-corrected chi connectivity index (χ0v) is 22.0. The van der Waals surface area contributed by atoms with Gasteiger partial charge in [-0.25, -0.2) is 17.1 Å². The Labute approximate surface area is 225 Å². The molecule has 0 N–H and O–H groups in total. The van der Waals surface area contributed by atoms with Crippen LogP contribution in [0.2, 0.25) is 0 Å². The lowest BCUT2D eigenvalue weighted by Gasteiger charge is -2.46. The van der Waals surface area contributed by atoms with Crippen molar-refractivity contribution in [3.05, 3.63) is 53.6 Å². The molecule has 1 aliphatic heterocycles. The number of alkyl halides is 6. The number of rotatable bonds is 10. The van der Waals surface area contributed by atoms with E-state index in [0.29, 0.717) is 18.4 Å². The first-order valence-electron chi connectivity index (χ1n) is 12.4. The van der Waals surface area contributed by atoms with Crippen molar-refractivity contribution in [2.75, 3.05) is 12.9 Å². The highest BCUT2D eigenvalue weighted by Crippen LogP contribution is 2.53. The summed E-state index contributed by atoms with van der Waals surface area (Å²) in [6, 6.07) is 2.43. The quantitative estimate of drug-likeness (QED) is 0.252. The molecule has 0 saturated heterocycles. The minimum atomic E-state index is -5.45. The third-order valence-electron chi connectivity index (χ3n) is 6.74. The molecule has 2 aromatic rings. The van der Waals surface area contributed by atoms with Gasteiger partial charge in [-0.3, -0.25) is 9.48 Å². The molecule has 1 amide bonds. The van der Waals surface area contributed by atoms with Crippen molar-refractivity contribution in [3.63, 3.8) is 0 Å². The molecule has 1 saturated carbocycles. The summed E-state index contributed by atoms with van der Waals surface area (Å²) in [5.41, 5.74) is -4.69. The Hall–Kier alpha value is -3.10. The van der Waals surface area contributed by atoms with E-state index in [1.165, 1.54) is 12.4 Å². The number of unbranched alkanes of at least 4 members (excludes halogenated alkanes) is 2. The fraction of sp³-hybridized carbons (Fsp3) is 0.520. The lowest BCUT2D eigenvalue weighted by atomic mass is 9.78. The van der Waals surface area contributed by atoms with E-state index >= 15 is 4.39 Å².